The molecule has 0 aliphatic rings. The van der Waals surface area contributed by atoms with Gasteiger partial charge in [-0.25, -0.2) is 8.78 Å². The highest BCUT2D eigenvalue weighted by Crippen LogP contribution is 2.28. The van der Waals surface area contributed by atoms with Crippen molar-refractivity contribution in [2.75, 3.05) is 5.32 Å². The summed E-state index contributed by atoms with van der Waals surface area (Å²) in [7, 11) is 0. The molecule has 0 unspecified atom stereocenters. The van der Waals surface area contributed by atoms with E-state index in [9.17, 15) is 13.6 Å². The van der Waals surface area contributed by atoms with Crippen molar-refractivity contribution in [3.63, 3.8) is 0 Å². The molecule has 0 saturated carbocycles. The van der Waals surface area contributed by atoms with Crippen LogP contribution in [-0.4, -0.2) is 21.4 Å². The molecule has 3 aromatic rings. The molecule has 0 saturated heterocycles. The maximum absolute atomic E-state index is 13.6. The van der Waals surface area contributed by atoms with Crippen molar-refractivity contribution in [2.24, 2.45) is 0 Å². The average Bonchev–Trinajstić information content (AvgIpc) is 3.06. The number of amides is 1. The Kier molecular flexibility index (Phi) is 5.32. The highest BCUT2D eigenvalue weighted by Gasteiger charge is 2.21. The van der Waals surface area contributed by atoms with Crippen LogP contribution in [0, 0.1) is 18.6 Å². The van der Waals surface area contributed by atoms with Crippen molar-refractivity contribution in [2.45, 2.75) is 24.3 Å². The van der Waals surface area contributed by atoms with Crippen LogP contribution in [0.5, 0.6) is 0 Å². The van der Waals surface area contributed by atoms with Crippen LogP contribution in [0.3, 0.4) is 0 Å². The number of nitrogens with one attached hydrogen (secondary N) is 1. The summed E-state index contributed by atoms with van der Waals surface area (Å²) in [6, 6.07) is 10.9. The first-order valence-electron chi connectivity index (χ1n) is 7.76. The van der Waals surface area contributed by atoms with Crippen LogP contribution in [0.1, 0.15) is 12.5 Å². The van der Waals surface area contributed by atoms with Gasteiger partial charge in [0.1, 0.15) is 17.3 Å². The highest BCUT2D eigenvalue weighted by atomic mass is 32.2. The van der Waals surface area contributed by atoms with Crippen LogP contribution in [0.15, 0.2) is 52.1 Å². The molecule has 8 heteroatoms. The third-order valence-corrected chi connectivity index (χ3v) is 4.57. The van der Waals surface area contributed by atoms with Crippen LogP contribution in [0.2, 0.25) is 0 Å². The average molecular weight is 375 g/mol. The van der Waals surface area contributed by atoms with Gasteiger partial charge in [0, 0.05) is 5.56 Å². The van der Waals surface area contributed by atoms with Gasteiger partial charge >= 0.3 is 0 Å². The van der Waals surface area contributed by atoms with Gasteiger partial charge in [0.05, 0.1) is 5.25 Å². The molecular formula is C18H15F2N3O2S. The monoisotopic (exact) mass is 375 g/mol. The number of thioether (sulfide) groups is 1. The van der Waals surface area contributed by atoms with Gasteiger partial charge < -0.3 is 9.73 Å². The first-order chi connectivity index (χ1) is 12.5. The van der Waals surface area contributed by atoms with Crippen molar-refractivity contribution in [1.29, 1.82) is 0 Å². The summed E-state index contributed by atoms with van der Waals surface area (Å²) in [6.07, 6.45) is 0. The summed E-state index contributed by atoms with van der Waals surface area (Å²) in [5.41, 5.74) is 1.31. The molecular weight excluding hydrogens is 360 g/mol. The molecule has 0 aliphatic heterocycles. The molecule has 2 aromatic carbocycles. The van der Waals surface area contributed by atoms with Gasteiger partial charge in [-0.15, -0.1) is 10.2 Å². The molecule has 134 valence electrons. The third kappa shape index (κ3) is 3.91. The number of hydrogen-bond acceptors (Lipinski definition) is 5. The van der Waals surface area contributed by atoms with E-state index in [4.69, 9.17) is 4.42 Å². The second-order valence-corrected chi connectivity index (χ2v) is 6.83. The number of para-hydroxylation sites is 1. The summed E-state index contributed by atoms with van der Waals surface area (Å²) < 4.78 is 32.8. The van der Waals surface area contributed by atoms with E-state index in [-0.39, 0.29) is 5.22 Å². The first kappa shape index (κ1) is 18.1. The van der Waals surface area contributed by atoms with Gasteiger partial charge in [0.2, 0.25) is 11.8 Å². The summed E-state index contributed by atoms with van der Waals surface area (Å²) in [4.78, 5) is 12.2. The molecule has 1 atom stereocenters. The summed E-state index contributed by atoms with van der Waals surface area (Å²) in [6.45, 7) is 3.50. The molecule has 1 N–H and O–H groups in total. The zero-order chi connectivity index (χ0) is 18.7. The van der Waals surface area contributed by atoms with E-state index in [0.29, 0.717) is 5.89 Å². The van der Waals surface area contributed by atoms with Crippen LogP contribution in [0.4, 0.5) is 14.5 Å². The van der Waals surface area contributed by atoms with Gasteiger partial charge in [-0.2, -0.15) is 0 Å². The third-order valence-electron chi connectivity index (χ3n) is 3.64. The van der Waals surface area contributed by atoms with Crippen LogP contribution < -0.4 is 5.32 Å². The lowest BCUT2D eigenvalue weighted by molar-refractivity contribution is -0.115. The number of carbonyl (C=O) groups is 1. The van der Waals surface area contributed by atoms with Crippen molar-refractivity contribution in [3.05, 3.63) is 59.7 Å². The predicted molar refractivity (Wildman–Crippen MR) is 94.8 cm³/mol. The molecule has 0 bridgehead atoms. The predicted octanol–water partition coefficient (Wildman–Crippen LogP) is 4.44. The van der Waals surface area contributed by atoms with Gasteiger partial charge in [-0.1, -0.05) is 36.0 Å². The minimum absolute atomic E-state index is 0.194. The number of carbonyl (C=O) groups excluding carboxylic acids is 1. The van der Waals surface area contributed by atoms with Crippen LogP contribution in [-0.2, 0) is 4.79 Å². The van der Waals surface area contributed by atoms with Crippen molar-refractivity contribution in [3.8, 4) is 11.5 Å². The van der Waals surface area contributed by atoms with Crippen LogP contribution in [0.25, 0.3) is 11.5 Å². The second-order valence-electron chi connectivity index (χ2n) is 5.53. The quantitative estimate of drug-likeness (QED) is 0.668. The minimum atomic E-state index is -0.838. The molecule has 26 heavy (non-hydrogen) atoms. The Hall–Kier alpha value is -2.74. The van der Waals surface area contributed by atoms with Crippen molar-refractivity contribution in [1.82, 2.24) is 10.2 Å². The molecule has 0 radical (unpaired) electrons. The van der Waals surface area contributed by atoms with E-state index in [1.807, 2.05) is 31.2 Å². The van der Waals surface area contributed by atoms with Crippen LogP contribution >= 0.6 is 11.8 Å². The maximum Gasteiger partial charge on any atom is 0.277 e. The fourth-order valence-electron chi connectivity index (χ4n) is 2.23. The molecule has 3 rings (SSSR count). The van der Waals surface area contributed by atoms with Crippen molar-refractivity contribution >= 4 is 23.4 Å². The lowest BCUT2D eigenvalue weighted by Crippen LogP contribution is -2.23. The number of hydrogen-bond donors (Lipinski definition) is 1. The largest absolute Gasteiger partial charge is 0.411 e. The normalized spacial score (nSPS) is 12.0. The Morgan fingerprint density at radius 1 is 1.12 bits per heavy atom. The second kappa shape index (κ2) is 7.65. The molecule has 0 fully saturated rings. The van der Waals surface area contributed by atoms with Gasteiger partial charge in [0.25, 0.3) is 5.22 Å². The first-order valence-corrected chi connectivity index (χ1v) is 8.64. The smallest absolute Gasteiger partial charge is 0.277 e. The molecule has 1 amide bonds. The van der Waals surface area contributed by atoms with E-state index < -0.39 is 28.5 Å². The number of rotatable bonds is 5. The summed E-state index contributed by atoms with van der Waals surface area (Å²) in [5, 5.41) is 9.64. The van der Waals surface area contributed by atoms with Gasteiger partial charge in [-0.05, 0) is 37.6 Å². The fourth-order valence-corrected chi connectivity index (χ4v) is 2.91. The lowest BCUT2D eigenvalue weighted by Gasteiger charge is -2.11. The van der Waals surface area contributed by atoms with E-state index in [0.717, 1.165) is 35.0 Å². The molecule has 1 heterocycles. The summed E-state index contributed by atoms with van der Waals surface area (Å²) in [5.74, 6) is -1.90. The Bertz CT molecular complexity index is 925. The molecule has 0 aliphatic carbocycles. The fraction of sp³-hybridized carbons (Fsp3) is 0.167. The Labute approximate surface area is 152 Å². The Morgan fingerprint density at radius 3 is 2.50 bits per heavy atom. The van der Waals surface area contributed by atoms with E-state index in [2.05, 4.69) is 15.5 Å². The van der Waals surface area contributed by atoms with Gasteiger partial charge in [0.15, 0.2) is 0 Å². The SMILES string of the molecule is Cc1ccccc1-c1nnc(S[C@@H](C)C(=O)Nc2c(F)cccc2F)o1. The minimum Gasteiger partial charge on any atom is -0.411 e. The van der Waals surface area contributed by atoms with E-state index in [1.54, 1.807) is 6.92 Å². The standard InChI is InChI=1S/C18H15F2N3O2S/c1-10-6-3-4-7-12(10)17-22-23-18(25-17)26-11(2)16(24)21-15-13(19)8-5-9-14(15)20/h3-9,11H,1-2H3,(H,21,24)/t11-/m0/s1. The Morgan fingerprint density at radius 2 is 1.81 bits per heavy atom. The highest BCUT2D eigenvalue weighted by molar-refractivity contribution is 8.00. The molecule has 5 nitrogen and oxygen atoms in total. The number of aryl methyl sites for hydroxylation is 1. The zero-order valence-corrected chi connectivity index (χ0v) is 14.8. The lowest BCUT2D eigenvalue weighted by atomic mass is 10.1. The number of halogens is 2. The van der Waals surface area contributed by atoms with Crippen molar-refractivity contribution < 1.29 is 18.0 Å². The topological polar surface area (TPSA) is 68.0 Å². The van der Waals surface area contributed by atoms with E-state index in [1.165, 1.54) is 6.07 Å². The molecule has 1 aromatic heterocycles. The van der Waals surface area contributed by atoms with E-state index >= 15 is 0 Å². The number of nitrogens with zero attached hydrogens (tertiary/aromatic N) is 2. The number of benzene rings is 2. The zero-order valence-electron chi connectivity index (χ0n) is 14.0. The summed E-state index contributed by atoms with van der Waals surface area (Å²) >= 11 is 1.01. The number of anilines is 1. The molecule has 0 spiro atoms. The number of aromatic nitrogens is 2. The maximum atomic E-state index is 13.6. The Balaban J connectivity index is 1.69. The van der Waals surface area contributed by atoms with Gasteiger partial charge in [-0.3, -0.25) is 4.79 Å².